The van der Waals surface area contributed by atoms with Crippen LogP contribution in [0.3, 0.4) is 0 Å². The van der Waals surface area contributed by atoms with E-state index in [9.17, 15) is 0 Å². The Bertz CT molecular complexity index is 442. The van der Waals surface area contributed by atoms with E-state index < -0.39 is 0 Å². The van der Waals surface area contributed by atoms with Gasteiger partial charge in [0.2, 0.25) is 0 Å². The monoisotopic (exact) mass is 262 g/mol. The van der Waals surface area contributed by atoms with Gasteiger partial charge in [-0.05, 0) is 50.4 Å². The van der Waals surface area contributed by atoms with E-state index in [1.54, 1.807) is 0 Å². The molecule has 3 rings (SSSR count). The first-order valence-electron chi connectivity index (χ1n) is 7.18. The molecule has 4 heteroatoms. The molecule has 104 valence electrons. The van der Waals surface area contributed by atoms with Crippen LogP contribution < -0.4 is 20.1 Å². The third-order valence-electron chi connectivity index (χ3n) is 3.92. The summed E-state index contributed by atoms with van der Waals surface area (Å²) in [7, 11) is 0. The molecule has 0 spiro atoms. The summed E-state index contributed by atoms with van der Waals surface area (Å²) in [5.41, 5.74) is 2.38. The van der Waals surface area contributed by atoms with Crippen LogP contribution in [-0.2, 0) is 0 Å². The Morgan fingerprint density at radius 1 is 1.26 bits per heavy atom. The zero-order valence-corrected chi connectivity index (χ0v) is 11.5. The number of hydrogen-bond acceptors (Lipinski definition) is 4. The fraction of sp³-hybridized carbons (Fsp3) is 0.600. The van der Waals surface area contributed by atoms with Crippen LogP contribution in [0.25, 0.3) is 0 Å². The summed E-state index contributed by atoms with van der Waals surface area (Å²) in [6, 6.07) is 4.13. The Kier molecular flexibility index (Phi) is 3.78. The van der Waals surface area contributed by atoms with Gasteiger partial charge in [0.25, 0.3) is 0 Å². The van der Waals surface area contributed by atoms with Gasteiger partial charge in [-0.2, -0.15) is 0 Å². The zero-order chi connectivity index (χ0) is 13.1. The molecule has 1 fully saturated rings. The number of aryl methyl sites for hydroxylation is 1. The van der Waals surface area contributed by atoms with Crippen molar-refractivity contribution >= 4 is 5.69 Å². The molecule has 1 aromatic carbocycles. The highest BCUT2D eigenvalue weighted by atomic mass is 16.6. The predicted octanol–water partition coefficient (Wildman–Crippen LogP) is 2.18. The molecule has 2 heterocycles. The minimum atomic E-state index is 0.642. The lowest BCUT2D eigenvalue weighted by atomic mass is 10.0. The van der Waals surface area contributed by atoms with Crippen molar-refractivity contribution in [3.05, 3.63) is 17.7 Å². The number of benzene rings is 1. The van der Waals surface area contributed by atoms with Crippen LogP contribution in [0.15, 0.2) is 12.1 Å². The molecule has 4 nitrogen and oxygen atoms in total. The molecule has 1 unspecified atom stereocenters. The van der Waals surface area contributed by atoms with Gasteiger partial charge in [0, 0.05) is 18.3 Å². The fourth-order valence-electron chi connectivity index (χ4n) is 2.75. The normalized spacial score (nSPS) is 21.4. The highest BCUT2D eigenvalue weighted by Gasteiger charge is 2.16. The van der Waals surface area contributed by atoms with Gasteiger partial charge >= 0.3 is 0 Å². The molecule has 0 saturated carbocycles. The summed E-state index contributed by atoms with van der Waals surface area (Å²) in [5, 5.41) is 6.94. The Hall–Kier alpha value is -1.42. The largest absolute Gasteiger partial charge is 0.486 e. The molecule has 0 aromatic heterocycles. The van der Waals surface area contributed by atoms with Gasteiger partial charge in [0.15, 0.2) is 11.5 Å². The highest BCUT2D eigenvalue weighted by Crippen LogP contribution is 2.35. The number of hydrogen-bond donors (Lipinski definition) is 2. The molecule has 2 N–H and O–H groups in total. The maximum atomic E-state index is 5.62. The molecule has 2 aliphatic heterocycles. The first kappa shape index (κ1) is 12.6. The van der Waals surface area contributed by atoms with Crippen molar-refractivity contribution in [1.29, 1.82) is 0 Å². The summed E-state index contributed by atoms with van der Waals surface area (Å²) in [6.45, 7) is 6.76. The minimum absolute atomic E-state index is 0.642. The summed E-state index contributed by atoms with van der Waals surface area (Å²) in [6.07, 6.45) is 2.53. The van der Waals surface area contributed by atoms with Crippen molar-refractivity contribution in [2.45, 2.75) is 19.8 Å². The van der Waals surface area contributed by atoms with E-state index >= 15 is 0 Å². The first-order valence-corrected chi connectivity index (χ1v) is 7.18. The molecular formula is C15H22N2O2. The minimum Gasteiger partial charge on any atom is -0.486 e. The molecule has 0 amide bonds. The molecule has 19 heavy (non-hydrogen) atoms. The molecule has 1 saturated heterocycles. The van der Waals surface area contributed by atoms with Gasteiger partial charge in [-0.1, -0.05) is 0 Å². The number of ether oxygens (including phenoxy) is 2. The smallest absolute Gasteiger partial charge is 0.163 e. The number of nitrogens with one attached hydrogen (secondary N) is 2. The van der Waals surface area contributed by atoms with Crippen molar-refractivity contribution in [3.8, 4) is 11.5 Å². The third kappa shape index (κ3) is 2.95. The van der Waals surface area contributed by atoms with Crippen LogP contribution in [-0.4, -0.2) is 32.8 Å². The summed E-state index contributed by atoms with van der Waals surface area (Å²) >= 11 is 0. The van der Waals surface area contributed by atoms with Gasteiger partial charge < -0.3 is 20.1 Å². The summed E-state index contributed by atoms with van der Waals surface area (Å²) in [5.74, 6) is 2.56. The van der Waals surface area contributed by atoms with Crippen LogP contribution in [0, 0.1) is 12.8 Å². The molecule has 0 bridgehead atoms. The average Bonchev–Trinajstić information content (AvgIpc) is 2.92. The van der Waals surface area contributed by atoms with E-state index in [4.69, 9.17) is 9.47 Å². The molecular weight excluding hydrogens is 240 g/mol. The Morgan fingerprint density at radius 2 is 2.05 bits per heavy atom. The van der Waals surface area contributed by atoms with Gasteiger partial charge in [-0.15, -0.1) is 0 Å². The second-order valence-corrected chi connectivity index (χ2v) is 5.39. The number of fused-ring (bicyclic) bond motifs is 1. The van der Waals surface area contributed by atoms with Crippen LogP contribution in [0.2, 0.25) is 0 Å². The molecule has 1 atom stereocenters. The van der Waals surface area contributed by atoms with Gasteiger partial charge in [0.05, 0.1) is 0 Å². The van der Waals surface area contributed by atoms with E-state index in [0.29, 0.717) is 13.2 Å². The maximum Gasteiger partial charge on any atom is 0.163 e. The zero-order valence-electron chi connectivity index (χ0n) is 11.5. The third-order valence-corrected chi connectivity index (χ3v) is 3.92. The highest BCUT2D eigenvalue weighted by molar-refractivity contribution is 5.60. The van der Waals surface area contributed by atoms with E-state index in [1.165, 1.54) is 31.5 Å². The van der Waals surface area contributed by atoms with Crippen molar-refractivity contribution in [1.82, 2.24) is 5.32 Å². The Labute approximate surface area is 114 Å². The van der Waals surface area contributed by atoms with Crippen LogP contribution in [0.1, 0.15) is 18.4 Å². The second kappa shape index (κ2) is 5.70. The molecule has 0 aliphatic carbocycles. The van der Waals surface area contributed by atoms with Gasteiger partial charge in [-0.3, -0.25) is 0 Å². The predicted molar refractivity (Wildman–Crippen MR) is 76.3 cm³/mol. The van der Waals surface area contributed by atoms with E-state index in [-0.39, 0.29) is 0 Å². The summed E-state index contributed by atoms with van der Waals surface area (Å²) < 4.78 is 11.2. The topological polar surface area (TPSA) is 42.5 Å². The average molecular weight is 262 g/mol. The number of anilines is 1. The second-order valence-electron chi connectivity index (χ2n) is 5.39. The standard InChI is InChI=1S/C15H22N2O2/c1-11-8-14-15(19-7-6-18-14)9-13(11)17-5-3-12-2-4-16-10-12/h8-9,12,16-17H,2-7,10H2,1H3. The SMILES string of the molecule is Cc1cc2c(cc1NCCC1CCNC1)OCCO2. The van der Waals surface area contributed by atoms with Gasteiger partial charge in [-0.25, -0.2) is 0 Å². The van der Waals surface area contributed by atoms with Crippen molar-refractivity contribution < 1.29 is 9.47 Å². The lowest BCUT2D eigenvalue weighted by Crippen LogP contribution is -2.16. The number of rotatable bonds is 4. The van der Waals surface area contributed by atoms with E-state index in [1.807, 2.05) is 0 Å². The fourth-order valence-corrected chi connectivity index (χ4v) is 2.75. The van der Waals surface area contributed by atoms with Gasteiger partial charge in [0.1, 0.15) is 13.2 Å². The van der Waals surface area contributed by atoms with Crippen molar-refractivity contribution in [3.63, 3.8) is 0 Å². The molecule has 1 aromatic rings. The Balaban J connectivity index is 1.60. The van der Waals surface area contributed by atoms with Crippen molar-refractivity contribution in [2.75, 3.05) is 38.2 Å². The summed E-state index contributed by atoms with van der Waals surface area (Å²) in [4.78, 5) is 0. The first-order chi connectivity index (χ1) is 9.33. The van der Waals surface area contributed by atoms with Crippen LogP contribution in [0.4, 0.5) is 5.69 Å². The van der Waals surface area contributed by atoms with Crippen LogP contribution >= 0.6 is 0 Å². The van der Waals surface area contributed by atoms with Crippen molar-refractivity contribution in [2.24, 2.45) is 5.92 Å². The van der Waals surface area contributed by atoms with Crippen LogP contribution in [0.5, 0.6) is 11.5 Å². The molecule has 0 radical (unpaired) electrons. The van der Waals surface area contributed by atoms with E-state index in [0.717, 1.165) is 29.6 Å². The van der Waals surface area contributed by atoms with E-state index in [2.05, 4.69) is 29.7 Å². The lowest BCUT2D eigenvalue weighted by Gasteiger charge is -2.21. The quantitative estimate of drug-likeness (QED) is 0.873. The molecule has 2 aliphatic rings. The Morgan fingerprint density at radius 3 is 2.79 bits per heavy atom. The lowest BCUT2D eigenvalue weighted by molar-refractivity contribution is 0.171. The maximum absolute atomic E-state index is 5.62.